The van der Waals surface area contributed by atoms with E-state index in [-0.39, 0.29) is 17.9 Å². The number of hydrogen-bond donors (Lipinski definition) is 6. The summed E-state index contributed by atoms with van der Waals surface area (Å²) in [7, 11) is 0. The first-order chi connectivity index (χ1) is 16.0. The molecule has 2 amide bonds. The zero-order valence-electron chi connectivity index (χ0n) is 17.6. The van der Waals surface area contributed by atoms with Gasteiger partial charge in [0.15, 0.2) is 0 Å². The molecule has 3 heterocycles. The number of carbonyl (C=O) groups is 2. The van der Waals surface area contributed by atoms with Gasteiger partial charge in [-0.05, 0) is 25.0 Å². The van der Waals surface area contributed by atoms with Gasteiger partial charge in [0.1, 0.15) is 0 Å². The molecule has 7 N–H and O–H groups in total. The van der Waals surface area contributed by atoms with E-state index in [2.05, 4.69) is 15.3 Å². The summed E-state index contributed by atoms with van der Waals surface area (Å²) in [5.74, 6) is -0.663. The van der Waals surface area contributed by atoms with E-state index in [1.165, 1.54) is 0 Å². The molecule has 3 aromatic carbocycles. The SMILES string of the molecule is NC1CCC(O)C1O.O=C1NC(=O)c2c1c1c3ccccc3[nH]c1c1[nH]c3ccccc3c21. The van der Waals surface area contributed by atoms with Crippen molar-refractivity contribution in [3.8, 4) is 0 Å². The van der Waals surface area contributed by atoms with Crippen LogP contribution < -0.4 is 11.1 Å². The number of fused-ring (bicyclic) bond motifs is 10. The van der Waals surface area contributed by atoms with Gasteiger partial charge in [-0.15, -0.1) is 0 Å². The van der Waals surface area contributed by atoms with Gasteiger partial charge in [0.05, 0.1) is 34.4 Å². The van der Waals surface area contributed by atoms with E-state index in [0.717, 1.165) is 50.0 Å². The van der Waals surface area contributed by atoms with Crippen molar-refractivity contribution >= 4 is 55.4 Å². The number of nitrogens with one attached hydrogen (secondary N) is 3. The Morgan fingerprint density at radius 1 is 0.758 bits per heavy atom. The number of rotatable bonds is 0. The van der Waals surface area contributed by atoms with Gasteiger partial charge < -0.3 is 25.9 Å². The van der Waals surface area contributed by atoms with E-state index in [4.69, 9.17) is 15.9 Å². The largest absolute Gasteiger partial charge is 0.390 e. The Hall–Kier alpha value is -3.72. The second-order valence-electron chi connectivity index (χ2n) is 8.67. The smallest absolute Gasteiger partial charge is 0.259 e. The highest BCUT2D eigenvalue weighted by atomic mass is 16.3. The Balaban J connectivity index is 0.000000221. The van der Waals surface area contributed by atoms with Crippen molar-refractivity contribution in [2.75, 3.05) is 0 Å². The molecular weight excluding hydrogens is 420 g/mol. The minimum absolute atomic E-state index is 0.204. The second-order valence-corrected chi connectivity index (χ2v) is 8.67. The number of benzene rings is 3. The number of aromatic amines is 2. The number of aliphatic hydroxyl groups excluding tert-OH is 2. The third-order valence-corrected chi connectivity index (χ3v) is 6.72. The molecule has 1 aliphatic carbocycles. The maximum absolute atomic E-state index is 12.6. The van der Waals surface area contributed by atoms with Crippen LogP contribution in [0.2, 0.25) is 0 Å². The zero-order valence-corrected chi connectivity index (χ0v) is 17.6. The Bertz CT molecular complexity index is 1480. The van der Waals surface area contributed by atoms with Crippen LogP contribution in [0.3, 0.4) is 0 Å². The number of para-hydroxylation sites is 2. The normalized spacial score (nSPS) is 22.2. The molecule has 0 saturated heterocycles. The van der Waals surface area contributed by atoms with E-state index in [1.807, 2.05) is 48.5 Å². The Kier molecular flexibility index (Phi) is 4.31. The highest BCUT2D eigenvalue weighted by Crippen LogP contribution is 2.41. The number of amides is 2. The monoisotopic (exact) mass is 442 g/mol. The maximum atomic E-state index is 12.6. The van der Waals surface area contributed by atoms with Crippen LogP contribution in [0.15, 0.2) is 48.5 Å². The average Bonchev–Trinajstić information content (AvgIpc) is 3.54. The summed E-state index contributed by atoms with van der Waals surface area (Å²) >= 11 is 0. The number of H-pyrrole nitrogens is 2. The van der Waals surface area contributed by atoms with Crippen molar-refractivity contribution in [2.45, 2.75) is 31.1 Å². The highest BCUT2D eigenvalue weighted by molar-refractivity contribution is 6.39. The topological polar surface area (TPSA) is 144 Å². The molecular formula is C25H22N4O4. The fraction of sp³-hybridized carbons (Fsp3) is 0.200. The minimum atomic E-state index is -0.685. The lowest BCUT2D eigenvalue weighted by molar-refractivity contribution is 0.0364. The summed E-state index contributed by atoms with van der Waals surface area (Å²) in [4.78, 5) is 32.0. The van der Waals surface area contributed by atoms with Crippen LogP contribution in [0.25, 0.3) is 43.6 Å². The van der Waals surface area contributed by atoms with Crippen LogP contribution in [0, 0.1) is 0 Å². The molecule has 0 bridgehead atoms. The summed E-state index contributed by atoms with van der Waals surface area (Å²) in [5, 5.41) is 23.7. The highest BCUT2D eigenvalue weighted by Gasteiger charge is 2.34. The molecule has 0 radical (unpaired) electrons. The Morgan fingerprint density at radius 2 is 1.24 bits per heavy atom. The molecule has 8 heteroatoms. The standard InChI is InChI=1S/C20H11N3O2.C5H11NO2/c24-19-15-13-9-5-1-3-7-11(9)21-17(13)18-14(16(15)20(25)23-19)10-6-2-4-8-12(10)22-18;6-3-1-2-4(7)5(3)8/h1-8,21-22H,(H,23,24,25);3-5,7-8H,1-2,6H2. The summed E-state index contributed by atoms with van der Waals surface area (Å²) in [6, 6.07) is 15.5. The number of aliphatic hydroxyl groups is 2. The fourth-order valence-electron chi connectivity index (χ4n) is 5.10. The molecule has 2 aromatic heterocycles. The molecule has 33 heavy (non-hydrogen) atoms. The van der Waals surface area contributed by atoms with Gasteiger partial charge in [-0.25, -0.2) is 0 Å². The zero-order chi connectivity index (χ0) is 22.9. The van der Waals surface area contributed by atoms with Gasteiger partial charge in [0.25, 0.3) is 11.8 Å². The van der Waals surface area contributed by atoms with Gasteiger partial charge in [-0.3, -0.25) is 14.9 Å². The first kappa shape index (κ1) is 19.9. The molecule has 1 saturated carbocycles. The van der Waals surface area contributed by atoms with Crippen molar-refractivity contribution in [3.63, 3.8) is 0 Å². The number of aromatic nitrogens is 2. The second kappa shape index (κ2) is 7.14. The molecule has 1 fully saturated rings. The first-order valence-corrected chi connectivity index (χ1v) is 10.9. The molecule has 0 spiro atoms. The van der Waals surface area contributed by atoms with Crippen molar-refractivity contribution < 1.29 is 19.8 Å². The summed E-state index contributed by atoms with van der Waals surface area (Å²) in [6.07, 6.45) is 0.116. The molecule has 3 unspecified atom stereocenters. The van der Waals surface area contributed by atoms with Gasteiger partial charge in [0, 0.05) is 38.6 Å². The van der Waals surface area contributed by atoms with E-state index >= 15 is 0 Å². The lowest BCUT2D eigenvalue weighted by Crippen LogP contribution is -2.34. The number of carbonyl (C=O) groups excluding carboxylic acids is 2. The molecule has 2 aliphatic rings. The van der Waals surface area contributed by atoms with Crippen molar-refractivity contribution in [2.24, 2.45) is 5.73 Å². The van der Waals surface area contributed by atoms with E-state index in [0.29, 0.717) is 17.5 Å². The molecule has 3 atom stereocenters. The number of hydrogen-bond acceptors (Lipinski definition) is 5. The lowest BCUT2D eigenvalue weighted by atomic mass is 9.97. The third kappa shape index (κ3) is 2.82. The number of imide groups is 1. The molecule has 5 aromatic rings. The van der Waals surface area contributed by atoms with E-state index in [9.17, 15) is 9.59 Å². The predicted octanol–water partition coefficient (Wildman–Crippen LogP) is 2.67. The van der Waals surface area contributed by atoms with Crippen molar-refractivity contribution in [1.82, 2.24) is 15.3 Å². The van der Waals surface area contributed by atoms with Gasteiger partial charge in [0.2, 0.25) is 0 Å². The van der Waals surface area contributed by atoms with Crippen LogP contribution in [-0.2, 0) is 0 Å². The van der Waals surface area contributed by atoms with Crippen LogP contribution >= 0.6 is 0 Å². The third-order valence-electron chi connectivity index (χ3n) is 6.72. The summed E-state index contributed by atoms with van der Waals surface area (Å²) < 4.78 is 0. The van der Waals surface area contributed by atoms with Crippen LogP contribution in [0.1, 0.15) is 33.6 Å². The maximum Gasteiger partial charge on any atom is 0.259 e. The Labute approximate surface area is 187 Å². The number of nitrogens with two attached hydrogens (primary N) is 1. The van der Waals surface area contributed by atoms with E-state index in [1.54, 1.807) is 0 Å². The Morgan fingerprint density at radius 3 is 1.64 bits per heavy atom. The molecule has 1 aliphatic heterocycles. The summed E-state index contributed by atoms with van der Waals surface area (Å²) in [6.45, 7) is 0. The average molecular weight is 442 g/mol. The van der Waals surface area contributed by atoms with E-state index < -0.39 is 12.2 Å². The van der Waals surface area contributed by atoms with Gasteiger partial charge in [-0.2, -0.15) is 0 Å². The lowest BCUT2D eigenvalue weighted by Gasteiger charge is -2.09. The molecule has 166 valence electrons. The van der Waals surface area contributed by atoms with Gasteiger partial charge >= 0.3 is 0 Å². The quantitative estimate of drug-likeness (QED) is 0.204. The fourth-order valence-corrected chi connectivity index (χ4v) is 5.10. The molecule has 7 rings (SSSR count). The molecule has 8 nitrogen and oxygen atoms in total. The first-order valence-electron chi connectivity index (χ1n) is 10.9. The van der Waals surface area contributed by atoms with Crippen LogP contribution in [-0.4, -0.2) is 50.2 Å². The van der Waals surface area contributed by atoms with Crippen LogP contribution in [0.4, 0.5) is 0 Å². The van der Waals surface area contributed by atoms with Crippen molar-refractivity contribution in [1.29, 1.82) is 0 Å². The van der Waals surface area contributed by atoms with Gasteiger partial charge in [-0.1, -0.05) is 36.4 Å². The predicted molar refractivity (Wildman–Crippen MR) is 126 cm³/mol. The van der Waals surface area contributed by atoms with Crippen LogP contribution in [0.5, 0.6) is 0 Å². The summed E-state index contributed by atoms with van der Waals surface area (Å²) in [5.41, 5.74) is 9.89. The van der Waals surface area contributed by atoms with Crippen molar-refractivity contribution in [3.05, 3.63) is 59.7 Å². The minimum Gasteiger partial charge on any atom is -0.390 e.